The lowest BCUT2D eigenvalue weighted by atomic mass is 10.1. The van der Waals surface area contributed by atoms with Crippen LogP contribution in [-0.2, 0) is 6.54 Å². The topological polar surface area (TPSA) is 41.5 Å². The number of hydrogen-bond acceptors (Lipinski definition) is 3. The number of nitrogens with one attached hydrogen (secondary N) is 1. The highest BCUT2D eigenvalue weighted by molar-refractivity contribution is 7.80. The molecular formula is C26H41NO2S. The lowest BCUT2D eigenvalue weighted by Gasteiger charge is -2.10. The first-order chi connectivity index (χ1) is 14.7. The Morgan fingerprint density at radius 2 is 1.63 bits per heavy atom. The number of hydrogen-bond donors (Lipinski definition) is 2. The molecule has 168 valence electrons. The molecule has 0 spiro atoms. The molecule has 2 N–H and O–H groups in total. The Morgan fingerprint density at radius 1 is 0.967 bits per heavy atom. The number of thiocarbonyl (C=S) groups is 1. The highest BCUT2D eigenvalue weighted by Crippen LogP contribution is 2.26. The molecule has 0 amide bonds. The van der Waals surface area contributed by atoms with E-state index in [-0.39, 0.29) is 5.75 Å². The molecule has 0 bridgehead atoms. The number of phenols is 1. The van der Waals surface area contributed by atoms with E-state index >= 15 is 0 Å². The zero-order chi connectivity index (χ0) is 21.9. The highest BCUT2D eigenvalue weighted by Gasteiger charge is 2.03. The SMILES string of the molecule is CCCCC/C=C/C/C=C/CCCCCCCC(=S)NCc1ccc(O)c(OC)c1. The van der Waals surface area contributed by atoms with E-state index < -0.39 is 0 Å². The lowest BCUT2D eigenvalue weighted by Crippen LogP contribution is -2.20. The Bertz CT molecular complexity index is 640. The molecule has 0 fully saturated rings. The summed E-state index contributed by atoms with van der Waals surface area (Å²) in [6.45, 7) is 2.91. The second-order valence-electron chi connectivity index (χ2n) is 7.76. The van der Waals surface area contributed by atoms with Crippen molar-refractivity contribution >= 4 is 17.2 Å². The molecule has 1 rings (SSSR count). The predicted molar refractivity (Wildman–Crippen MR) is 133 cm³/mol. The zero-order valence-corrected chi connectivity index (χ0v) is 19.8. The van der Waals surface area contributed by atoms with Crippen LogP contribution >= 0.6 is 12.2 Å². The van der Waals surface area contributed by atoms with Gasteiger partial charge in [0.25, 0.3) is 0 Å². The van der Waals surface area contributed by atoms with Gasteiger partial charge in [0.05, 0.1) is 12.1 Å². The van der Waals surface area contributed by atoms with Crippen molar-refractivity contribution in [3.8, 4) is 11.5 Å². The molecule has 0 aliphatic heterocycles. The van der Waals surface area contributed by atoms with Gasteiger partial charge in [0.2, 0.25) is 0 Å². The number of aromatic hydroxyl groups is 1. The minimum absolute atomic E-state index is 0.161. The van der Waals surface area contributed by atoms with E-state index in [0.717, 1.165) is 29.8 Å². The van der Waals surface area contributed by atoms with Gasteiger partial charge in [-0.25, -0.2) is 0 Å². The van der Waals surface area contributed by atoms with Gasteiger partial charge in [-0.15, -0.1) is 0 Å². The molecule has 0 saturated carbocycles. The number of unbranched alkanes of at least 4 members (excludes halogenated alkanes) is 8. The van der Waals surface area contributed by atoms with Gasteiger partial charge in [-0.2, -0.15) is 0 Å². The fourth-order valence-corrected chi connectivity index (χ4v) is 3.43. The van der Waals surface area contributed by atoms with Crippen LogP contribution in [0.4, 0.5) is 0 Å². The number of benzene rings is 1. The van der Waals surface area contributed by atoms with Crippen LogP contribution < -0.4 is 10.1 Å². The number of allylic oxidation sites excluding steroid dienone is 4. The van der Waals surface area contributed by atoms with Crippen molar-refractivity contribution in [1.29, 1.82) is 0 Å². The van der Waals surface area contributed by atoms with Gasteiger partial charge in [0.15, 0.2) is 11.5 Å². The highest BCUT2D eigenvalue weighted by atomic mass is 32.1. The summed E-state index contributed by atoms with van der Waals surface area (Å²) in [5.41, 5.74) is 1.05. The monoisotopic (exact) mass is 431 g/mol. The summed E-state index contributed by atoms with van der Waals surface area (Å²) in [5, 5.41) is 12.9. The molecule has 3 nitrogen and oxygen atoms in total. The van der Waals surface area contributed by atoms with Gasteiger partial charge >= 0.3 is 0 Å². The smallest absolute Gasteiger partial charge is 0.160 e. The molecule has 0 radical (unpaired) electrons. The number of ether oxygens (including phenoxy) is 1. The lowest BCUT2D eigenvalue weighted by molar-refractivity contribution is 0.373. The Labute approximate surface area is 189 Å². The van der Waals surface area contributed by atoms with Crippen molar-refractivity contribution in [2.24, 2.45) is 0 Å². The van der Waals surface area contributed by atoms with Gasteiger partial charge in [0, 0.05) is 6.54 Å². The molecule has 0 aliphatic carbocycles. The van der Waals surface area contributed by atoms with E-state index in [1.165, 1.54) is 57.8 Å². The molecular weight excluding hydrogens is 390 g/mol. The Kier molecular flexibility index (Phi) is 15.7. The molecule has 0 heterocycles. The second kappa shape index (κ2) is 18.0. The summed E-state index contributed by atoms with van der Waals surface area (Å²) < 4.78 is 5.14. The van der Waals surface area contributed by atoms with Crippen molar-refractivity contribution in [3.05, 3.63) is 48.1 Å². The van der Waals surface area contributed by atoms with E-state index in [9.17, 15) is 5.11 Å². The Balaban J connectivity index is 1.96. The summed E-state index contributed by atoms with van der Waals surface area (Å²) in [5.74, 6) is 0.655. The Hall–Kier alpha value is -1.81. The third-order valence-corrected chi connectivity index (χ3v) is 5.44. The minimum Gasteiger partial charge on any atom is -0.504 e. The van der Waals surface area contributed by atoms with Gasteiger partial charge < -0.3 is 15.2 Å². The average Bonchev–Trinajstić information content (AvgIpc) is 2.75. The van der Waals surface area contributed by atoms with Crippen LogP contribution in [0.15, 0.2) is 42.5 Å². The minimum atomic E-state index is 0.161. The summed E-state index contributed by atoms with van der Waals surface area (Å²) in [7, 11) is 1.56. The maximum atomic E-state index is 9.64. The fourth-order valence-electron chi connectivity index (χ4n) is 3.22. The first-order valence-electron chi connectivity index (χ1n) is 11.6. The molecule has 0 saturated heterocycles. The molecule has 4 heteroatoms. The van der Waals surface area contributed by atoms with Crippen LogP contribution in [0, 0.1) is 0 Å². The summed E-state index contributed by atoms with van der Waals surface area (Å²) in [6.07, 6.45) is 23.9. The van der Waals surface area contributed by atoms with Crippen LogP contribution in [0.3, 0.4) is 0 Å². The number of phenolic OH excluding ortho intramolecular Hbond substituents is 1. The molecule has 0 aliphatic rings. The van der Waals surface area contributed by atoms with Crippen LogP contribution in [0.5, 0.6) is 11.5 Å². The van der Waals surface area contributed by atoms with Crippen molar-refractivity contribution in [3.63, 3.8) is 0 Å². The fraction of sp³-hybridized carbons (Fsp3) is 0.577. The van der Waals surface area contributed by atoms with Gasteiger partial charge in [0.1, 0.15) is 0 Å². The van der Waals surface area contributed by atoms with Crippen molar-refractivity contribution in [2.45, 2.75) is 90.5 Å². The van der Waals surface area contributed by atoms with E-state index in [1.54, 1.807) is 13.2 Å². The molecule has 0 aromatic heterocycles. The molecule has 1 aromatic rings. The van der Waals surface area contributed by atoms with E-state index in [2.05, 4.69) is 36.5 Å². The molecule has 0 unspecified atom stereocenters. The maximum absolute atomic E-state index is 9.64. The van der Waals surface area contributed by atoms with Gasteiger partial charge in [-0.3, -0.25) is 0 Å². The largest absolute Gasteiger partial charge is 0.504 e. The third-order valence-electron chi connectivity index (χ3n) is 5.09. The number of methoxy groups -OCH3 is 1. The predicted octanol–water partition coefficient (Wildman–Crippen LogP) is 7.63. The standard InChI is InChI=1S/C26H41NO2S/c1-3-4-5-6-7-8-9-10-11-12-13-14-15-16-17-18-26(30)27-22-23-19-20-24(28)25(21-23)29-2/h7-8,10-11,19-21,28H,3-6,9,12-18,22H2,1-2H3,(H,27,30)/b8-7+,11-10+. The number of rotatable bonds is 17. The summed E-state index contributed by atoms with van der Waals surface area (Å²) in [6, 6.07) is 5.37. The van der Waals surface area contributed by atoms with E-state index in [0.29, 0.717) is 12.3 Å². The second-order valence-corrected chi connectivity index (χ2v) is 8.26. The quantitative estimate of drug-likeness (QED) is 0.151. The van der Waals surface area contributed by atoms with E-state index in [4.69, 9.17) is 17.0 Å². The zero-order valence-electron chi connectivity index (χ0n) is 19.0. The third kappa shape index (κ3) is 13.4. The normalized spacial score (nSPS) is 11.4. The van der Waals surface area contributed by atoms with Gasteiger partial charge in [-0.05, 0) is 62.6 Å². The van der Waals surface area contributed by atoms with Crippen molar-refractivity contribution in [2.75, 3.05) is 7.11 Å². The first-order valence-corrected chi connectivity index (χ1v) is 12.0. The van der Waals surface area contributed by atoms with Crippen LogP contribution in [0.1, 0.15) is 89.5 Å². The van der Waals surface area contributed by atoms with Crippen LogP contribution in [-0.4, -0.2) is 17.2 Å². The molecule has 0 atom stereocenters. The van der Waals surface area contributed by atoms with Crippen molar-refractivity contribution < 1.29 is 9.84 Å². The van der Waals surface area contributed by atoms with Crippen molar-refractivity contribution in [1.82, 2.24) is 5.32 Å². The van der Waals surface area contributed by atoms with E-state index in [1.807, 2.05) is 12.1 Å². The van der Waals surface area contributed by atoms with Crippen LogP contribution in [0.25, 0.3) is 0 Å². The summed E-state index contributed by atoms with van der Waals surface area (Å²) in [4.78, 5) is 0.910. The maximum Gasteiger partial charge on any atom is 0.160 e. The molecule has 1 aromatic carbocycles. The first kappa shape index (κ1) is 26.2. The van der Waals surface area contributed by atoms with Crippen LogP contribution in [0.2, 0.25) is 0 Å². The summed E-state index contributed by atoms with van der Waals surface area (Å²) >= 11 is 5.43. The van der Waals surface area contributed by atoms with Gasteiger partial charge in [-0.1, -0.05) is 81.6 Å². The molecule has 30 heavy (non-hydrogen) atoms. The average molecular weight is 432 g/mol. The Morgan fingerprint density at radius 3 is 2.33 bits per heavy atom.